The maximum Gasteiger partial charge on any atom is 0.407 e. The summed E-state index contributed by atoms with van der Waals surface area (Å²) in [5.74, 6) is 0. The number of aliphatic hydroxyl groups excluding tert-OH is 3. The predicted octanol–water partition coefficient (Wildman–Crippen LogP) is -0.436. The van der Waals surface area contributed by atoms with Gasteiger partial charge in [-0.15, -0.1) is 0 Å². The van der Waals surface area contributed by atoms with Gasteiger partial charge < -0.3 is 30.1 Å². The van der Waals surface area contributed by atoms with E-state index in [-0.39, 0.29) is 6.61 Å². The highest BCUT2D eigenvalue weighted by Crippen LogP contribution is 2.26. The van der Waals surface area contributed by atoms with Crippen LogP contribution in [0, 0.1) is 0 Å². The standard InChI is InChI=1S/C9H14Cl3NO6/c10-9(11,12)3-19-8(17)13-4-2-18-5(1-14)7(16)6(4)15/h4-7,14-16H,1-3H2,(H,13,17)/t4-,5-,6-,7-/m1/s1. The molecule has 1 aliphatic rings. The van der Waals surface area contributed by atoms with Gasteiger partial charge in [0.25, 0.3) is 0 Å². The Bertz CT molecular complexity index is 313. The van der Waals surface area contributed by atoms with Gasteiger partial charge in [-0.25, -0.2) is 4.79 Å². The molecule has 112 valence electrons. The highest BCUT2D eigenvalue weighted by Gasteiger charge is 2.39. The van der Waals surface area contributed by atoms with Crippen LogP contribution in [-0.2, 0) is 9.47 Å². The van der Waals surface area contributed by atoms with E-state index in [1.807, 2.05) is 0 Å². The van der Waals surface area contributed by atoms with Crippen molar-refractivity contribution in [2.24, 2.45) is 0 Å². The summed E-state index contributed by atoms with van der Waals surface area (Å²) in [6.07, 6.45) is -4.44. The van der Waals surface area contributed by atoms with E-state index in [0.717, 1.165) is 0 Å². The number of carbonyl (C=O) groups is 1. The van der Waals surface area contributed by atoms with Crippen LogP contribution in [0.15, 0.2) is 0 Å². The number of alkyl halides is 3. The Labute approximate surface area is 124 Å². The molecule has 0 spiro atoms. The Morgan fingerprint density at radius 2 is 2.00 bits per heavy atom. The zero-order chi connectivity index (χ0) is 14.6. The minimum Gasteiger partial charge on any atom is -0.445 e. The van der Waals surface area contributed by atoms with E-state index >= 15 is 0 Å². The molecule has 1 heterocycles. The summed E-state index contributed by atoms with van der Waals surface area (Å²) < 4.78 is 7.93. The third-order valence-corrected chi connectivity index (χ3v) is 2.81. The summed E-state index contributed by atoms with van der Waals surface area (Å²) in [7, 11) is 0. The fourth-order valence-electron chi connectivity index (χ4n) is 1.51. The van der Waals surface area contributed by atoms with Crippen LogP contribution in [0.1, 0.15) is 0 Å². The number of hydrogen-bond acceptors (Lipinski definition) is 6. The van der Waals surface area contributed by atoms with Crippen molar-refractivity contribution < 1.29 is 29.6 Å². The number of amides is 1. The molecule has 10 heteroatoms. The molecular formula is C9H14Cl3NO6. The molecular weight excluding hydrogens is 324 g/mol. The molecule has 4 N–H and O–H groups in total. The van der Waals surface area contributed by atoms with Crippen LogP contribution in [0.25, 0.3) is 0 Å². The zero-order valence-corrected chi connectivity index (χ0v) is 11.9. The molecule has 7 nitrogen and oxygen atoms in total. The molecule has 0 bridgehead atoms. The lowest BCUT2D eigenvalue weighted by atomic mass is 9.99. The van der Waals surface area contributed by atoms with E-state index in [4.69, 9.17) is 44.6 Å². The summed E-state index contributed by atoms with van der Waals surface area (Å²) in [5.41, 5.74) is 0. The average Bonchev–Trinajstić information content (AvgIpc) is 2.32. The number of nitrogens with one attached hydrogen (secondary N) is 1. The van der Waals surface area contributed by atoms with Crippen molar-refractivity contribution in [1.82, 2.24) is 5.32 Å². The van der Waals surface area contributed by atoms with Crippen molar-refractivity contribution in [1.29, 1.82) is 0 Å². The lowest BCUT2D eigenvalue weighted by Gasteiger charge is -2.36. The second-order valence-electron chi connectivity index (χ2n) is 3.98. The summed E-state index contributed by atoms with van der Waals surface area (Å²) in [5, 5.41) is 30.4. The maximum atomic E-state index is 11.4. The van der Waals surface area contributed by atoms with Crippen LogP contribution in [0.2, 0.25) is 0 Å². The summed E-state index contributed by atoms with van der Waals surface area (Å²) in [4.78, 5) is 11.4. The quantitative estimate of drug-likeness (QED) is 0.520. The lowest BCUT2D eigenvalue weighted by molar-refractivity contribution is -0.160. The Morgan fingerprint density at radius 1 is 1.37 bits per heavy atom. The number of aliphatic hydroxyl groups is 3. The van der Waals surface area contributed by atoms with E-state index in [9.17, 15) is 15.0 Å². The molecule has 0 aromatic rings. The van der Waals surface area contributed by atoms with Gasteiger partial charge in [-0.05, 0) is 0 Å². The van der Waals surface area contributed by atoms with Gasteiger partial charge in [-0.2, -0.15) is 0 Å². The third kappa shape index (κ3) is 5.47. The van der Waals surface area contributed by atoms with Crippen LogP contribution in [0.5, 0.6) is 0 Å². The van der Waals surface area contributed by atoms with Gasteiger partial charge in [0.15, 0.2) is 0 Å². The summed E-state index contributed by atoms with van der Waals surface area (Å²) >= 11 is 16.2. The smallest absolute Gasteiger partial charge is 0.407 e. The van der Waals surface area contributed by atoms with Gasteiger partial charge in [-0.1, -0.05) is 34.8 Å². The number of ether oxygens (including phenoxy) is 2. The zero-order valence-electron chi connectivity index (χ0n) is 9.63. The molecule has 0 saturated carbocycles. The van der Waals surface area contributed by atoms with Crippen molar-refractivity contribution in [3.8, 4) is 0 Å². The van der Waals surface area contributed by atoms with Crippen molar-refractivity contribution >= 4 is 40.9 Å². The molecule has 0 unspecified atom stereocenters. The van der Waals surface area contributed by atoms with Crippen LogP contribution < -0.4 is 5.32 Å². The topological polar surface area (TPSA) is 108 Å². The molecule has 1 amide bonds. The monoisotopic (exact) mass is 337 g/mol. The van der Waals surface area contributed by atoms with Crippen molar-refractivity contribution in [3.05, 3.63) is 0 Å². The lowest BCUT2D eigenvalue weighted by Crippen LogP contribution is -2.60. The van der Waals surface area contributed by atoms with Gasteiger partial charge in [0.2, 0.25) is 3.79 Å². The molecule has 4 atom stereocenters. The Kier molecular flexibility index (Phi) is 6.38. The van der Waals surface area contributed by atoms with Gasteiger partial charge in [0.1, 0.15) is 24.9 Å². The second-order valence-corrected chi connectivity index (χ2v) is 6.49. The SMILES string of the molecule is O=C(N[C@@H]1CO[C@H](CO)[C@@H](O)[C@@H]1O)OCC(Cl)(Cl)Cl. The highest BCUT2D eigenvalue weighted by atomic mass is 35.6. The maximum absolute atomic E-state index is 11.4. The molecule has 0 aromatic heterocycles. The highest BCUT2D eigenvalue weighted by molar-refractivity contribution is 6.67. The van der Waals surface area contributed by atoms with Crippen molar-refractivity contribution in [2.75, 3.05) is 19.8 Å². The minimum absolute atomic E-state index is 0.0910. The summed E-state index contributed by atoms with van der Waals surface area (Å²) in [6.45, 7) is -0.996. The molecule has 19 heavy (non-hydrogen) atoms. The minimum atomic E-state index is -1.74. The first kappa shape index (κ1) is 17.0. The van der Waals surface area contributed by atoms with Crippen molar-refractivity contribution in [3.63, 3.8) is 0 Å². The Balaban J connectivity index is 2.43. The van der Waals surface area contributed by atoms with Crippen molar-refractivity contribution in [2.45, 2.75) is 28.1 Å². The second kappa shape index (κ2) is 7.12. The number of halogens is 3. The van der Waals surface area contributed by atoms with Crippen LogP contribution in [-0.4, -0.2) is 69.4 Å². The third-order valence-electron chi connectivity index (χ3n) is 2.48. The van der Waals surface area contributed by atoms with Gasteiger partial charge >= 0.3 is 6.09 Å². The fraction of sp³-hybridized carbons (Fsp3) is 0.889. The largest absolute Gasteiger partial charge is 0.445 e. The van der Waals surface area contributed by atoms with E-state index in [1.165, 1.54) is 0 Å². The van der Waals surface area contributed by atoms with E-state index in [0.29, 0.717) is 0 Å². The first-order chi connectivity index (χ1) is 8.74. The molecule has 0 radical (unpaired) electrons. The molecule has 1 saturated heterocycles. The van der Waals surface area contributed by atoms with E-state index in [1.54, 1.807) is 0 Å². The Hall–Kier alpha value is -0.0200. The van der Waals surface area contributed by atoms with E-state index < -0.39 is 47.5 Å². The first-order valence-corrected chi connectivity index (χ1v) is 6.46. The number of rotatable bonds is 3. The van der Waals surface area contributed by atoms with Crippen LogP contribution in [0.4, 0.5) is 4.79 Å². The molecule has 1 rings (SSSR count). The van der Waals surface area contributed by atoms with E-state index in [2.05, 4.69) is 10.1 Å². The Morgan fingerprint density at radius 3 is 2.53 bits per heavy atom. The van der Waals surface area contributed by atoms with Gasteiger partial charge in [0.05, 0.1) is 19.3 Å². The number of alkyl carbamates (subject to hydrolysis) is 1. The molecule has 0 aromatic carbocycles. The van der Waals surface area contributed by atoms with Crippen LogP contribution in [0.3, 0.4) is 0 Å². The predicted molar refractivity (Wildman–Crippen MR) is 67.4 cm³/mol. The average molecular weight is 339 g/mol. The fourth-order valence-corrected chi connectivity index (χ4v) is 1.67. The molecule has 0 aliphatic carbocycles. The number of carbonyl (C=O) groups excluding carboxylic acids is 1. The molecule has 1 fully saturated rings. The summed E-state index contributed by atoms with van der Waals surface area (Å²) in [6, 6.07) is -0.888. The molecule has 1 aliphatic heterocycles. The van der Waals surface area contributed by atoms with Gasteiger partial charge in [-0.3, -0.25) is 0 Å². The normalized spacial score (nSPS) is 31.9. The van der Waals surface area contributed by atoms with Gasteiger partial charge in [0, 0.05) is 0 Å². The number of hydrogen-bond donors (Lipinski definition) is 4. The van der Waals surface area contributed by atoms with Crippen LogP contribution >= 0.6 is 34.8 Å². The first-order valence-electron chi connectivity index (χ1n) is 5.33.